The number of hydrogen-bond acceptors (Lipinski definition) is 3. The summed E-state index contributed by atoms with van der Waals surface area (Å²) in [6.45, 7) is 1.32. The van der Waals surface area contributed by atoms with Crippen molar-refractivity contribution in [1.29, 1.82) is 0 Å². The Labute approximate surface area is 125 Å². The van der Waals surface area contributed by atoms with Gasteiger partial charge in [0.05, 0.1) is 12.0 Å². The maximum absolute atomic E-state index is 12.4. The second-order valence-corrected chi connectivity index (χ2v) is 6.48. The van der Waals surface area contributed by atoms with Gasteiger partial charge in [-0.05, 0) is 37.0 Å². The summed E-state index contributed by atoms with van der Waals surface area (Å²) in [5, 5.41) is 20.1. The Morgan fingerprint density at radius 1 is 1.33 bits per heavy atom. The highest BCUT2D eigenvalue weighted by Gasteiger charge is 2.43. The van der Waals surface area contributed by atoms with E-state index in [4.69, 9.17) is 0 Å². The van der Waals surface area contributed by atoms with Crippen LogP contribution in [0.1, 0.15) is 37.7 Å². The van der Waals surface area contributed by atoms with Gasteiger partial charge >= 0.3 is 0 Å². The van der Waals surface area contributed by atoms with E-state index in [1.165, 1.54) is 0 Å². The van der Waals surface area contributed by atoms with Crippen molar-refractivity contribution in [3.8, 4) is 5.75 Å². The molecule has 1 amide bonds. The third-order valence-electron chi connectivity index (χ3n) is 5.05. The summed E-state index contributed by atoms with van der Waals surface area (Å²) in [6, 6.07) is 6.86. The highest BCUT2D eigenvalue weighted by molar-refractivity contribution is 5.79. The predicted molar refractivity (Wildman–Crippen MR) is 79.9 cm³/mol. The number of hydrogen-bond donors (Lipinski definition) is 2. The molecular formula is C17H23NO3. The fourth-order valence-corrected chi connectivity index (χ4v) is 3.75. The summed E-state index contributed by atoms with van der Waals surface area (Å²) in [6.07, 6.45) is 5.17. The minimum Gasteiger partial charge on any atom is -0.508 e. The molecule has 0 radical (unpaired) electrons. The van der Waals surface area contributed by atoms with Crippen LogP contribution in [-0.2, 0) is 11.2 Å². The molecule has 1 heterocycles. The van der Waals surface area contributed by atoms with Crippen molar-refractivity contribution in [2.75, 3.05) is 13.1 Å². The highest BCUT2D eigenvalue weighted by Crippen LogP contribution is 2.39. The molecule has 4 heteroatoms. The number of piperidine rings is 1. The number of carbonyl (C=O) groups is 1. The predicted octanol–water partition coefficient (Wildman–Crippen LogP) is 2.09. The van der Waals surface area contributed by atoms with E-state index in [1.54, 1.807) is 18.2 Å². The van der Waals surface area contributed by atoms with Crippen molar-refractivity contribution < 1.29 is 15.0 Å². The summed E-state index contributed by atoms with van der Waals surface area (Å²) in [5.74, 6) is 0.516. The molecule has 3 rings (SSSR count). The Kier molecular flexibility index (Phi) is 3.89. The van der Waals surface area contributed by atoms with Gasteiger partial charge in [-0.2, -0.15) is 0 Å². The molecule has 4 nitrogen and oxygen atoms in total. The first kappa shape index (κ1) is 14.4. The standard InChI is InChI=1S/C17H23NO3/c19-15-6-3-4-13(10-15)11-16(20)18-9-8-17(21)7-2-1-5-14(17)12-18/h3-4,6,10,14,19,21H,1-2,5,7-9,11-12H2. The van der Waals surface area contributed by atoms with E-state index in [-0.39, 0.29) is 17.6 Å². The summed E-state index contributed by atoms with van der Waals surface area (Å²) in [5.41, 5.74) is 0.296. The van der Waals surface area contributed by atoms with E-state index in [9.17, 15) is 15.0 Å². The largest absolute Gasteiger partial charge is 0.508 e. The van der Waals surface area contributed by atoms with Gasteiger partial charge in [0.15, 0.2) is 0 Å². The van der Waals surface area contributed by atoms with E-state index in [2.05, 4.69) is 0 Å². The summed E-state index contributed by atoms with van der Waals surface area (Å²) in [4.78, 5) is 14.3. The number of benzene rings is 1. The van der Waals surface area contributed by atoms with Gasteiger partial charge in [-0.15, -0.1) is 0 Å². The second-order valence-electron chi connectivity index (χ2n) is 6.48. The van der Waals surface area contributed by atoms with Crippen LogP contribution < -0.4 is 0 Å². The summed E-state index contributed by atoms with van der Waals surface area (Å²) < 4.78 is 0. The molecule has 0 aromatic heterocycles. The van der Waals surface area contributed by atoms with E-state index in [0.29, 0.717) is 25.9 Å². The molecule has 1 aromatic rings. The van der Waals surface area contributed by atoms with Gasteiger partial charge in [-0.3, -0.25) is 4.79 Å². The quantitative estimate of drug-likeness (QED) is 0.876. The maximum Gasteiger partial charge on any atom is 0.227 e. The first-order valence-electron chi connectivity index (χ1n) is 7.85. The lowest BCUT2D eigenvalue weighted by Gasteiger charge is -2.47. The third kappa shape index (κ3) is 3.05. The molecule has 114 valence electrons. The molecule has 1 aromatic carbocycles. The Balaban J connectivity index is 1.64. The monoisotopic (exact) mass is 289 g/mol. The fourth-order valence-electron chi connectivity index (χ4n) is 3.75. The first-order chi connectivity index (χ1) is 10.1. The lowest BCUT2D eigenvalue weighted by Crippen LogP contribution is -2.54. The van der Waals surface area contributed by atoms with Crippen molar-refractivity contribution in [2.24, 2.45) is 5.92 Å². The van der Waals surface area contributed by atoms with Crippen molar-refractivity contribution in [3.05, 3.63) is 29.8 Å². The minimum absolute atomic E-state index is 0.0909. The van der Waals surface area contributed by atoms with Crippen LogP contribution >= 0.6 is 0 Å². The van der Waals surface area contributed by atoms with Crippen molar-refractivity contribution >= 4 is 5.91 Å². The maximum atomic E-state index is 12.4. The fraction of sp³-hybridized carbons (Fsp3) is 0.588. The number of aromatic hydroxyl groups is 1. The van der Waals surface area contributed by atoms with Gasteiger partial charge in [0.25, 0.3) is 0 Å². The zero-order valence-corrected chi connectivity index (χ0v) is 12.3. The van der Waals surface area contributed by atoms with Crippen molar-refractivity contribution in [3.63, 3.8) is 0 Å². The zero-order valence-electron chi connectivity index (χ0n) is 12.3. The van der Waals surface area contributed by atoms with Crippen LogP contribution in [0.4, 0.5) is 0 Å². The van der Waals surface area contributed by atoms with Crippen molar-refractivity contribution in [2.45, 2.75) is 44.1 Å². The van der Waals surface area contributed by atoms with E-state index in [0.717, 1.165) is 31.2 Å². The molecule has 1 aliphatic carbocycles. The van der Waals surface area contributed by atoms with Crippen LogP contribution in [0.15, 0.2) is 24.3 Å². The average molecular weight is 289 g/mol. The molecule has 0 bridgehead atoms. The Hall–Kier alpha value is -1.55. The zero-order chi connectivity index (χ0) is 14.9. The molecule has 2 N–H and O–H groups in total. The van der Waals surface area contributed by atoms with Gasteiger partial charge < -0.3 is 15.1 Å². The average Bonchev–Trinajstić information content (AvgIpc) is 2.46. The molecule has 0 spiro atoms. The smallest absolute Gasteiger partial charge is 0.227 e. The Morgan fingerprint density at radius 2 is 2.19 bits per heavy atom. The number of phenolic OH excluding ortho intramolecular Hbond substituents is 1. The van der Waals surface area contributed by atoms with Gasteiger partial charge in [0.1, 0.15) is 5.75 Å². The molecule has 1 aliphatic heterocycles. The molecule has 1 saturated heterocycles. The van der Waals surface area contributed by atoms with Crippen LogP contribution in [0.25, 0.3) is 0 Å². The molecule has 2 aliphatic rings. The van der Waals surface area contributed by atoms with E-state index in [1.807, 2.05) is 11.0 Å². The number of amides is 1. The van der Waals surface area contributed by atoms with Crippen LogP contribution in [0.5, 0.6) is 5.75 Å². The van der Waals surface area contributed by atoms with Crippen LogP contribution in [-0.4, -0.2) is 39.7 Å². The highest BCUT2D eigenvalue weighted by atomic mass is 16.3. The third-order valence-corrected chi connectivity index (χ3v) is 5.05. The number of fused-ring (bicyclic) bond motifs is 1. The molecule has 2 unspecified atom stereocenters. The normalized spacial score (nSPS) is 29.0. The summed E-state index contributed by atoms with van der Waals surface area (Å²) in [7, 11) is 0. The SMILES string of the molecule is O=C(Cc1cccc(O)c1)N1CCC2(O)CCCCC2C1. The Morgan fingerprint density at radius 3 is 3.00 bits per heavy atom. The van der Waals surface area contributed by atoms with Crippen LogP contribution in [0, 0.1) is 5.92 Å². The second kappa shape index (κ2) is 5.68. The number of carbonyl (C=O) groups excluding carboxylic acids is 1. The topological polar surface area (TPSA) is 60.8 Å². The molecule has 21 heavy (non-hydrogen) atoms. The summed E-state index contributed by atoms with van der Waals surface area (Å²) >= 11 is 0. The number of likely N-dealkylation sites (tertiary alicyclic amines) is 1. The van der Waals surface area contributed by atoms with E-state index >= 15 is 0 Å². The van der Waals surface area contributed by atoms with Crippen molar-refractivity contribution in [1.82, 2.24) is 4.90 Å². The molecular weight excluding hydrogens is 266 g/mol. The van der Waals surface area contributed by atoms with Gasteiger partial charge in [-0.1, -0.05) is 25.0 Å². The molecule has 2 fully saturated rings. The van der Waals surface area contributed by atoms with Crippen LogP contribution in [0.3, 0.4) is 0 Å². The molecule has 1 saturated carbocycles. The lowest BCUT2D eigenvalue weighted by atomic mass is 9.71. The lowest BCUT2D eigenvalue weighted by molar-refractivity contribution is -0.142. The first-order valence-corrected chi connectivity index (χ1v) is 7.85. The number of phenols is 1. The van der Waals surface area contributed by atoms with E-state index < -0.39 is 5.60 Å². The molecule has 2 atom stereocenters. The number of aliphatic hydroxyl groups is 1. The van der Waals surface area contributed by atoms with Gasteiger partial charge in [0.2, 0.25) is 5.91 Å². The van der Waals surface area contributed by atoms with Gasteiger partial charge in [-0.25, -0.2) is 0 Å². The number of rotatable bonds is 2. The van der Waals surface area contributed by atoms with Gasteiger partial charge in [0, 0.05) is 19.0 Å². The van der Waals surface area contributed by atoms with Crippen LogP contribution in [0.2, 0.25) is 0 Å². The number of nitrogens with zero attached hydrogens (tertiary/aromatic N) is 1. The Bertz CT molecular complexity index is 531. The minimum atomic E-state index is -0.542.